The number of nitrogens with zero attached hydrogens (tertiary/aromatic N) is 6. The van der Waals surface area contributed by atoms with E-state index in [2.05, 4.69) is 31.9 Å². The van der Waals surface area contributed by atoms with Crippen molar-refractivity contribution < 1.29 is 31.9 Å². The van der Waals surface area contributed by atoms with Gasteiger partial charge >= 0.3 is 5.97 Å². The Labute approximate surface area is 306 Å². The van der Waals surface area contributed by atoms with Crippen LogP contribution in [0.15, 0.2) is 54.9 Å². The molecule has 0 bridgehead atoms. The third kappa shape index (κ3) is 7.64. The third-order valence-electron chi connectivity index (χ3n) is 10.3. The maximum absolute atomic E-state index is 15.3. The summed E-state index contributed by atoms with van der Waals surface area (Å²) < 4.78 is 54.5. The van der Waals surface area contributed by atoms with Crippen LogP contribution in [0.25, 0.3) is 22.2 Å². The number of thiol groups is 1. The molecule has 5 heterocycles. The number of hydrazine groups is 1. The van der Waals surface area contributed by atoms with Crippen LogP contribution in [0.5, 0.6) is 0 Å². The standard InChI is InChI=1S/C36H40ClF2N7O5S/c37-34-31(46(52(50)51)45-12-9-26(38)21-45)6-5-30(39)33(34)35(49)29-19-41-36-28(29)17-25(18-40-36)24-1-3-27(4-2-24)44-15-13-43(14-16-44)20-23-7-10-42(11-8-23)22-32(47)48/h1-6,17-19,23,26,52H,7-16,20-22H2,(H,40,41)(H,47,48)/t26-/m1/s1. The number of alkyl halides is 1. The second-order valence-electron chi connectivity index (χ2n) is 13.7. The van der Waals surface area contributed by atoms with Gasteiger partial charge in [0.1, 0.15) is 17.6 Å². The van der Waals surface area contributed by atoms with Gasteiger partial charge in [-0.3, -0.25) is 19.4 Å². The minimum atomic E-state index is -3.31. The lowest BCUT2D eigenvalue weighted by atomic mass is 9.96. The summed E-state index contributed by atoms with van der Waals surface area (Å²) in [6.45, 7) is 6.49. The SMILES string of the molecule is O=C(O)CN1CCC(CN2CCN(c3ccc(-c4cnc5[nH]cc(C(=O)c6c(F)ccc(N(N7CC[C@@H](F)C7)[SH](=O)=O)c6Cl)c5c4)cc3)CC2)CC1. The fourth-order valence-electron chi connectivity index (χ4n) is 7.54. The van der Waals surface area contributed by atoms with Crippen LogP contribution in [0, 0.1) is 11.7 Å². The van der Waals surface area contributed by atoms with Crippen molar-refractivity contribution in [2.24, 2.45) is 5.92 Å². The number of aromatic nitrogens is 2. The predicted molar refractivity (Wildman–Crippen MR) is 196 cm³/mol. The number of piperazine rings is 1. The van der Waals surface area contributed by atoms with Gasteiger partial charge in [0.25, 0.3) is 0 Å². The quantitative estimate of drug-likeness (QED) is 0.149. The Balaban J connectivity index is 1.03. The maximum Gasteiger partial charge on any atom is 0.317 e. The predicted octanol–water partition coefficient (Wildman–Crippen LogP) is 4.46. The molecular weight excluding hydrogens is 716 g/mol. The van der Waals surface area contributed by atoms with Crippen LogP contribution in [-0.4, -0.2) is 122 Å². The number of rotatable bonds is 11. The highest BCUT2D eigenvalue weighted by Crippen LogP contribution is 2.36. The van der Waals surface area contributed by atoms with Gasteiger partial charge in [0.15, 0.2) is 5.78 Å². The van der Waals surface area contributed by atoms with E-state index in [-0.39, 0.29) is 42.3 Å². The number of anilines is 2. The van der Waals surface area contributed by atoms with Crippen molar-refractivity contribution in [3.05, 3.63) is 76.8 Å². The Morgan fingerprint density at radius 2 is 1.69 bits per heavy atom. The summed E-state index contributed by atoms with van der Waals surface area (Å²) in [7, 11) is -3.31. The number of likely N-dealkylation sites (tertiary alicyclic amines) is 1. The van der Waals surface area contributed by atoms with E-state index >= 15 is 4.39 Å². The molecule has 0 spiro atoms. The van der Waals surface area contributed by atoms with Gasteiger partial charge < -0.3 is 15.0 Å². The van der Waals surface area contributed by atoms with Gasteiger partial charge in [0.2, 0.25) is 10.9 Å². The topological polar surface area (TPSA) is 133 Å². The minimum absolute atomic E-state index is 0.116. The zero-order valence-corrected chi connectivity index (χ0v) is 30.0. The van der Waals surface area contributed by atoms with Gasteiger partial charge in [-0.2, -0.15) is 0 Å². The van der Waals surface area contributed by atoms with Crippen molar-refractivity contribution in [1.29, 1.82) is 0 Å². The molecule has 0 unspecified atom stereocenters. The molecule has 1 atom stereocenters. The molecule has 2 N–H and O–H groups in total. The van der Waals surface area contributed by atoms with Crippen LogP contribution < -0.4 is 9.31 Å². The van der Waals surface area contributed by atoms with Crippen LogP contribution in [0.1, 0.15) is 35.2 Å². The molecule has 0 radical (unpaired) electrons. The van der Waals surface area contributed by atoms with Gasteiger partial charge in [-0.05, 0) is 74.2 Å². The lowest BCUT2D eigenvalue weighted by Crippen LogP contribution is -2.49. The molecule has 3 aliphatic rings. The van der Waals surface area contributed by atoms with Gasteiger partial charge in [-0.1, -0.05) is 23.7 Å². The van der Waals surface area contributed by atoms with Gasteiger partial charge in [0.05, 0.1) is 29.4 Å². The van der Waals surface area contributed by atoms with E-state index in [9.17, 15) is 22.4 Å². The monoisotopic (exact) mass is 755 g/mol. The molecule has 0 saturated carbocycles. The van der Waals surface area contributed by atoms with E-state index in [0.29, 0.717) is 17.0 Å². The van der Waals surface area contributed by atoms with Crippen LogP contribution in [-0.2, 0) is 15.7 Å². The number of carboxylic acid groups (broad SMARTS) is 1. The molecule has 3 fully saturated rings. The number of benzene rings is 2. The molecule has 3 saturated heterocycles. The molecule has 0 amide bonds. The van der Waals surface area contributed by atoms with Crippen LogP contribution in [0.2, 0.25) is 5.02 Å². The minimum Gasteiger partial charge on any atom is -0.480 e. The number of aromatic amines is 1. The number of nitrogens with one attached hydrogen (secondary N) is 1. The molecule has 0 aliphatic carbocycles. The molecule has 2 aromatic carbocycles. The number of pyridine rings is 1. The van der Waals surface area contributed by atoms with E-state index in [4.69, 9.17) is 16.7 Å². The van der Waals surface area contributed by atoms with Crippen molar-refractivity contribution in [2.45, 2.75) is 25.4 Å². The lowest BCUT2D eigenvalue weighted by molar-refractivity contribution is -0.138. The smallest absolute Gasteiger partial charge is 0.317 e. The van der Waals surface area contributed by atoms with E-state index in [1.54, 1.807) is 12.3 Å². The molecule has 2 aromatic heterocycles. The summed E-state index contributed by atoms with van der Waals surface area (Å²) in [6.07, 6.45) is 4.08. The van der Waals surface area contributed by atoms with Crippen molar-refractivity contribution in [2.75, 3.05) is 74.8 Å². The number of H-pyrrole nitrogens is 1. The Hall–Kier alpha value is -4.15. The Bertz CT molecular complexity index is 2020. The number of halogens is 3. The molecular formula is C36H40ClF2N7O5S. The molecule has 12 nitrogen and oxygen atoms in total. The second kappa shape index (κ2) is 15.4. The van der Waals surface area contributed by atoms with Crippen molar-refractivity contribution in [3.8, 4) is 11.1 Å². The fourth-order valence-corrected chi connectivity index (χ4v) is 8.63. The third-order valence-corrected chi connectivity index (χ3v) is 11.5. The van der Waals surface area contributed by atoms with E-state index in [1.165, 1.54) is 17.3 Å². The van der Waals surface area contributed by atoms with E-state index in [0.717, 1.165) is 85.9 Å². The first kappa shape index (κ1) is 36.2. The summed E-state index contributed by atoms with van der Waals surface area (Å²) in [4.78, 5) is 39.2. The van der Waals surface area contributed by atoms with Crippen LogP contribution in [0.4, 0.5) is 20.2 Å². The summed E-state index contributed by atoms with van der Waals surface area (Å²) in [5.41, 5.74) is 2.63. The lowest BCUT2D eigenvalue weighted by Gasteiger charge is -2.39. The highest BCUT2D eigenvalue weighted by molar-refractivity contribution is 7.74. The zero-order chi connectivity index (χ0) is 36.5. The second-order valence-corrected chi connectivity index (χ2v) is 14.9. The van der Waals surface area contributed by atoms with E-state index in [1.807, 2.05) is 17.0 Å². The molecule has 276 valence electrons. The summed E-state index contributed by atoms with van der Waals surface area (Å²) in [5, 5.41) is 10.4. The van der Waals surface area contributed by atoms with Crippen LogP contribution >= 0.6 is 11.6 Å². The Morgan fingerprint density at radius 3 is 2.35 bits per heavy atom. The number of piperidine rings is 1. The zero-order valence-electron chi connectivity index (χ0n) is 28.4. The first-order valence-electron chi connectivity index (χ1n) is 17.4. The first-order chi connectivity index (χ1) is 25.0. The molecule has 3 aliphatic heterocycles. The highest BCUT2D eigenvalue weighted by Gasteiger charge is 2.32. The number of hydrogen-bond donors (Lipinski definition) is 3. The molecule has 52 heavy (non-hydrogen) atoms. The molecule has 4 aromatic rings. The normalized spacial score (nSPS) is 19.5. The molecule has 7 rings (SSSR count). The number of ketones is 1. The first-order valence-corrected chi connectivity index (χ1v) is 18.9. The number of carboxylic acids is 1. The van der Waals surface area contributed by atoms with Gasteiger partial charge in [-0.15, -0.1) is 0 Å². The number of carbonyl (C=O) groups is 2. The van der Waals surface area contributed by atoms with Crippen LogP contribution in [0.3, 0.4) is 0 Å². The number of aliphatic carboxylic acids is 1. The average molecular weight is 756 g/mol. The van der Waals surface area contributed by atoms with Crippen molar-refractivity contribution in [3.63, 3.8) is 0 Å². The molecule has 16 heteroatoms. The maximum atomic E-state index is 15.3. The highest BCUT2D eigenvalue weighted by atomic mass is 35.5. The Kier molecular flexibility index (Phi) is 10.8. The van der Waals surface area contributed by atoms with E-state index < -0.39 is 40.2 Å². The fraction of sp³-hybridized carbons (Fsp3) is 0.417. The summed E-state index contributed by atoms with van der Waals surface area (Å²) >= 11 is 6.57. The van der Waals surface area contributed by atoms with Gasteiger partial charge in [-0.25, -0.2) is 31.6 Å². The number of fused-ring (bicyclic) bond motifs is 1. The summed E-state index contributed by atoms with van der Waals surface area (Å²) in [5.74, 6) is -1.85. The summed E-state index contributed by atoms with van der Waals surface area (Å²) in [6, 6.07) is 12.1. The largest absolute Gasteiger partial charge is 0.480 e. The van der Waals surface area contributed by atoms with Crippen molar-refractivity contribution >= 4 is 56.7 Å². The Morgan fingerprint density at radius 1 is 0.962 bits per heavy atom. The number of carbonyl (C=O) groups excluding carboxylic acids is 1. The average Bonchev–Trinajstić information content (AvgIpc) is 3.76. The van der Waals surface area contributed by atoms with Gasteiger partial charge in [0, 0.05) is 73.9 Å². The van der Waals surface area contributed by atoms with Crippen molar-refractivity contribution in [1.82, 2.24) is 24.8 Å². The number of hydrogen-bond acceptors (Lipinski definition) is 9.